The van der Waals surface area contributed by atoms with Gasteiger partial charge in [-0.2, -0.15) is 0 Å². The summed E-state index contributed by atoms with van der Waals surface area (Å²) in [6.45, 7) is 3.84. The van der Waals surface area contributed by atoms with Gasteiger partial charge in [0.25, 0.3) is 0 Å². The maximum absolute atomic E-state index is 12.1. The number of hydrogen-bond acceptors (Lipinski definition) is 4. The first-order valence-electron chi connectivity index (χ1n) is 6.57. The third kappa shape index (κ3) is 1.86. The van der Waals surface area contributed by atoms with Crippen LogP contribution in [0.4, 0.5) is 5.69 Å². The van der Waals surface area contributed by atoms with Crippen LogP contribution >= 0.6 is 0 Å². The number of nitrogens with two attached hydrogens (primary N) is 1. The second-order valence-electron chi connectivity index (χ2n) is 5.64. The van der Waals surface area contributed by atoms with Crippen LogP contribution in [-0.4, -0.2) is 17.0 Å². The van der Waals surface area contributed by atoms with E-state index in [1.54, 1.807) is 18.3 Å². The van der Waals surface area contributed by atoms with Crippen molar-refractivity contribution >= 4 is 11.6 Å². The molecular formula is C15H17N3O2. The van der Waals surface area contributed by atoms with E-state index in [2.05, 4.69) is 10.3 Å². The van der Waals surface area contributed by atoms with Gasteiger partial charge < -0.3 is 15.8 Å². The van der Waals surface area contributed by atoms with E-state index in [9.17, 15) is 4.79 Å². The molecule has 104 valence electrons. The van der Waals surface area contributed by atoms with Crippen LogP contribution in [-0.2, 0) is 4.79 Å². The number of fused-ring (bicyclic) bond motifs is 1. The number of hydrogen-bond donors (Lipinski definition) is 2. The molecule has 2 aliphatic rings. The Morgan fingerprint density at radius 2 is 2.25 bits per heavy atom. The number of carbonyl (C=O) groups excluding carboxylic acids is 1. The minimum Gasteiger partial charge on any atom is -0.468 e. The summed E-state index contributed by atoms with van der Waals surface area (Å²) in [6.07, 6.45) is 7.11. The van der Waals surface area contributed by atoms with Gasteiger partial charge in [0.1, 0.15) is 6.10 Å². The zero-order valence-electron chi connectivity index (χ0n) is 11.5. The van der Waals surface area contributed by atoms with Gasteiger partial charge in [0.2, 0.25) is 11.8 Å². The molecule has 1 amide bonds. The molecule has 1 aliphatic carbocycles. The van der Waals surface area contributed by atoms with Crippen molar-refractivity contribution < 1.29 is 9.53 Å². The van der Waals surface area contributed by atoms with Gasteiger partial charge in [0.05, 0.1) is 17.0 Å². The number of nitrogen functional groups attached to an aromatic ring is 1. The number of allylic oxidation sites excluding steroid dienone is 2. The predicted molar refractivity (Wildman–Crippen MR) is 75.7 cm³/mol. The molecule has 2 atom stereocenters. The molecule has 0 saturated carbocycles. The van der Waals surface area contributed by atoms with Crippen LogP contribution in [0.1, 0.15) is 13.8 Å². The highest BCUT2D eigenvalue weighted by atomic mass is 16.5. The number of nitrogens with one attached hydrogen (secondary N) is 1. The van der Waals surface area contributed by atoms with Crippen LogP contribution in [0.25, 0.3) is 0 Å². The number of carbonyl (C=O) groups is 1. The second-order valence-corrected chi connectivity index (χ2v) is 5.64. The lowest BCUT2D eigenvalue weighted by Crippen LogP contribution is -2.37. The number of nitrogens with zero attached hydrogens (tertiary/aromatic N) is 1. The summed E-state index contributed by atoms with van der Waals surface area (Å²) in [5.41, 5.74) is 6.72. The van der Waals surface area contributed by atoms with Gasteiger partial charge in [-0.1, -0.05) is 19.9 Å². The Labute approximate surface area is 117 Å². The summed E-state index contributed by atoms with van der Waals surface area (Å²) in [5.74, 6) is 0.361. The molecule has 0 spiro atoms. The average Bonchev–Trinajstić information content (AvgIpc) is 2.64. The zero-order valence-corrected chi connectivity index (χ0v) is 11.5. The van der Waals surface area contributed by atoms with Crippen molar-refractivity contribution in [2.24, 2.45) is 11.3 Å². The summed E-state index contributed by atoms with van der Waals surface area (Å²) in [6, 6.07) is 3.50. The summed E-state index contributed by atoms with van der Waals surface area (Å²) < 4.78 is 5.93. The quantitative estimate of drug-likeness (QED) is 0.857. The van der Waals surface area contributed by atoms with Crippen molar-refractivity contribution in [3.05, 3.63) is 42.3 Å². The standard InChI is InChI=1S/C15H17N3O2/c1-15(2)12-10(18-14(15)19)6-3-7-11(12)20-13-9(16)5-4-8-17-13/h3-8,11-12H,16H2,1-2H3,(H,18,19). The highest BCUT2D eigenvalue weighted by molar-refractivity contribution is 5.88. The molecule has 5 heteroatoms. The molecule has 2 unspecified atom stereocenters. The number of pyridine rings is 1. The molecular weight excluding hydrogens is 254 g/mol. The Balaban J connectivity index is 1.91. The van der Waals surface area contributed by atoms with Crippen molar-refractivity contribution in [2.45, 2.75) is 20.0 Å². The number of anilines is 1. The van der Waals surface area contributed by atoms with E-state index in [1.165, 1.54) is 0 Å². The molecule has 1 aromatic rings. The Morgan fingerprint density at radius 1 is 1.45 bits per heavy atom. The summed E-state index contributed by atoms with van der Waals surface area (Å²) >= 11 is 0. The first-order valence-corrected chi connectivity index (χ1v) is 6.57. The van der Waals surface area contributed by atoms with Crippen LogP contribution in [0.3, 0.4) is 0 Å². The largest absolute Gasteiger partial charge is 0.468 e. The third-order valence-corrected chi connectivity index (χ3v) is 3.91. The molecule has 20 heavy (non-hydrogen) atoms. The smallest absolute Gasteiger partial charge is 0.237 e. The Kier molecular flexibility index (Phi) is 2.78. The van der Waals surface area contributed by atoms with Gasteiger partial charge in [0, 0.05) is 11.9 Å². The van der Waals surface area contributed by atoms with E-state index in [1.807, 2.05) is 32.1 Å². The molecule has 1 fully saturated rings. The molecule has 0 radical (unpaired) electrons. The molecule has 0 aromatic carbocycles. The Bertz CT molecular complexity index is 619. The zero-order chi connectivity index (χ0) is 14.3. The van der Waals surface area contributed by atoms with Gasteiger partial charge in [-0.3, -0.25) is 4.79 Å². The fourth-order valence-electron chi connectivity index (χ4n) is 2.75. The van der Waals surface area contributed by atoms with Gasteiger partial charge >= 0.3 is 0 Å². The molecule has 3 N–H and O–H groups in total. The molecule has 0 bridgehead atoms. The van der Waals surface area contributed by atoms with Gasteiger partial charge in [-0.05, 0) is 24.3 Å². The summed E-state index contributed by atoms with van der Waals surface area (Å²) in [5, 5.41) is 2.92. The first kappa shape index (κ1) is 12.7. The summed E-state index contributed by atoms with van der Waals surface area (Å²) in [4.78, 5) is 16.2. The number of aromatic nitrogens is 1. The van der Waals surface area contributed by atoms with Crippen molar-refractivity contribution in [3.63, 3.8) is 0 Å². The maximum atomic E-state index is 12.1. The third-order valence-electron chi connectivity index (χ3n) is 3.91. The number of ether oxygens (including phenoxy) is 1. The highest BCUT2D eigenvalue weighted by Gasteiger charge is 2.50. The van der Waals surface area contributed by atoms with E-state index in [0.717, 1.165) is 5.70 Å². The molecule has 2 heterocycles. The van der Waals surface area contributed by atoms with E-state index in [0.29, 0.717) is 11.6 Å². The summed E-state index contributed by atoms with van der Waals surface area (Å²) in [7, 11) is 0. The maximum Gasteiger partial charge on any atom is 0.237 e. The molecule has 5 nitrogen and oxygen atoms in total. The topological polar surface area (TPSA) is 77.2 Å². The van der Waals surface area contributed by atoms with Gasteiger partial charge in [-0.15, -0.1) is 0 Å². The van der Waals surface area contributed by atoms with Crippen molar-refractivity contribution in [3.8, 4) is 5.88 Å². The van der Waals surface area contributed by atoms with Crippen molar-refractivity contribution in [2.75, 3.05) is 5.73 Å². The molecule has 1 aromatic heterocycles. The minimum atomic E-state index is -0.523. The van der Waals surface area contributed by atoms with Crippen LogP contribution in [0.5, 0.6) is 5.88 Å². The van der Waals surface area contributed by atoms with E-state index < -0.39 is 5.41 Å². The minimum absolute atomic E-state index is 0.0139. The second kappa shape index (κ2) is 4.37. The van der Waals surface area contributed by atoms with Crippen LogP contribution < -0.4 is 15.8 Å². The lowest BCUT2D eigenvalue weighted by atomic mass is 9.75. The normalized spacial score (nSPS) is 26.7. The monoisotopic (exact) mass is 271 g/mol. The fourth-order valence-corrected chi connectivity index (χ4v) is 2.75. The fraction of sp³-hybridized carbons (Fsp3) is 0.333. The Hall–Kier alpha value is -2.30. The SMILES string of the molecule is CC1(C)C(=O)NC2=CC=CC(Oc3ncccc3N)C21. The number of amides is 1. The predicted octanol–water partition coefficient (Wildman–Crippen LogP) is 1.64. The lowest BCUT2D eigenvalue weighted by Gasteiger charge is -2.31. The van der Waals surface area contributed by atoms with Crippen LogP contribution in [0.2, 0.25) is 0 Å². The van der Waals surface area contributed by atoms with Crippen molar-refractivity contribution in [1.82, 2.24) is 10.3 Å². The van der Waals surface area contributed by atoms with E-state index in [4.69, 9.17) is 10.5 Å². The van der Waals surface area contributed by atoms with Gasteiger partial charge in [0.15, 0.2) is 0 Å². The molecule has 3 rings (SSSR count). The van der Waals surface area contributed by atoms with Crippen LogP contribution in [0.15, 0.2) is 42.3 Å². The van der Waals surface area contributed by atoms with Crippen molar-refractivity contribution in [1.29, 1.82) is 0 Å². The lowest BCUT2D eigenvalue weighted by molar-refractivity contribution is -0.127. The highest BCUT2D eigenvalue weighted by Crippen LogP contribution is 2.43. The van der Waals surface area contributed by atoms with E-state index in [-0.39, 0.29) is 17.9 Å². The van der Waals surface area contributed by atoms with E-state index >= 15 is 0 Å². The molecule has 1 saturated heterocycles. The van der Waals surface area contributed by atoms with Crippen LogP contribution in [0, 0.1) is 11.3 Å². The average molecular weight is 271 g/mol. The first-order chi connectivity index (χ1) is 9.50. The number of rotatable bonds is 2. The Morgan fingerprint density at radius 3 is 3.00 bits per heavy atom. The van der Waals surface area contributed by atoms with Gasteiger partial charge in [-0.25, -0.2) is 4.98 Å². The molecule has 1 aliphatic heterocycles.